The second-order valence-corrected chi connectivity index (χ2v) is 5.13. The number of nitrogens with zero attached hydrogens (tertiary/aromatic N) is 1. The highest BCUT2D eigenvalue weighted by molar-refractivity contribution is 6.33. The molecule has 0 radical (unpaired) electrons. The highest BCUT2D eigenvalue weighted by Gasteiger charge is 2.21. The van der Waals surface area contributed by atoms with E-state index in [1.807, 2.05) is 0 Å². The second-order valence-electron chi connectivity index (χ2n) is 4.72. The molecule has 0 aliphatic carbocycles. The average Bonchev–Trinajstić information content (AvgIpc) is 2.45. The van der Waals surface area contributed by atoms with Gasteiger partial charge in [-0.3, -0.25) is 4.90 Å². The Hall–Kier alpha value is -1.30. The van der Waals surface area contributed by atoms with E-state index in [0.717, 1.165) is 19.6 Å². The molecule has 1 heterocycles. The number of carbonyl (C=O) groups is 1. The molecule has 0 aromatic heterocycles. The molecular formula is C14H19ClN2O3. The minimum atomic E-state index is -0.452. The fourth-order valence-electron chi connectivity index (χ4n) is 2.11. The van der Waals surface area contributed by atoms with E-state index in [1.165, 1.54) is 6.07 Å². The molecule has 2 rings (SSSR count). The van der Waals surface area contributed by atoms with E-state index in [0.29, 0.717) is 22.9 Å². The number of hydrogen-bond acceptors (Lipinski definition) is 5. The van der Waals surface area contributed by atoms with Crippen LogP contribution in [0.15, 0.2) is 18.2 Å². The lowest BCUT2D eigenvalue weighted by Crippen LogP contribution is -2.44. The maximum absolute atomic E-state index is 12.0. The number of anilines is 1. The van der Waals surface area contributed by atoms with Gasteiger partial charge in [0, 0.05) is 18.8 Å². The molecule has 1 saturated heterocycles. The zero-order valence-corrected chi connectivity index (χ0v) is 12.2. The van der Waals surface area contributed by atoms with Crippen LogP contribution < -0.4 is 5.73 Å². The Morgan fingerprint density at radius 3 is 3.10 bits per heavy atom. The standard InChI is InChI=1S/C14H19ClN2O3/c1-2-17-5-6-19-11(8-17)9-20-14(18)12-4-3-10(16)7-13(12)15/h3-4,7,11H,2,5-6,8-9,16H2,1H3. The van der Waals surface area contributed by atoms with Gasteiger partial charge in [0.15, 0.2) is 0 Å². The van der Waals surface area contributed by atoms with Crippen LogP contribution in [0.1, 0.15) is 17.3 Å². The van der Waals surface area contributed by atoms with E-state index < -0.39 is 5.97 Å². The van der Waals surface area contributed by atoms with E-state index in [9.17, 15) is 4.79 Å². The van der Waals surface area contributed by atoms with Crippen LogP contribution in [0.2, 0.25) is 5.02 Å². The lowest BCUT2D eigenvalue weighted by atomic mass is 10.2. The number of esters is 1. The molecule has 2 N–H and O–H groups in total. The third kappa shape index (κ3) is 3.85. The number of carbonyl (C=O) groups excluding carboxylic acids is 1. The van der Waals surface area contributed by atoms with Crippen LogP contribution in [0.25, 0.3) is 0 Å². The van der Waals surface area contributed by atoms with Crippen LogP contribution in [0.3, 0.4) is 0 Å². The summed E-state index contributed by atoms with van der Waals surface area (Å²) < 4.78 is 10.8. The number of nitrogens with two attached hydrogens (primary N) is 1. The van der Waals surface area contributed by atoms with Crippen LogP contribution in [-0.4, -0.2) is 49.8 Å². The van der Waals surface area contributed by atoms with Crippen molar-refractivity contribution in [1.82, 2.24) is 4.90 Å². The summed E-state index contributed by atoms with van der Waals surface area (Å²) in [5.74, 6) is -0.452. The largest absolute Gasteiger partial charge is 0.459 e. The maximum atomic E-state index is 12.0. The van der Waals surface area contributed by atoms with Crippen LogP contribution in [0.4, 0.5) is 5.69 Å². The van der Waals surface area contributed by atoms with E-state index in [4.69, 9.17) is 26.8 Å². The molecule has 1 aliphatic rings. The highest BCUT2D eigenvalue weighted by Crippen LogP contribution is 2.20. The van der Waals surface area contributed by atoms with Gasteiger partial charge in [-0.05, 0) is 24.7 Å². The molecule has 1 atom stereocenters. The molecule has 0 saturated carbocycles. The quantitative estimate of drug-likeness (QED) is 0.678. The summed E-state index contributed by atoms with van der Waals surface area (Å²) in [6, 6.07) is 4.73. The van der Waals surface area contributed by atoms with Gasteiger partial charge >= 0.3 is 5.97 Å². The van der Waals surface area contributed by atoms with Crippen molar-refractivity contribution < 1.29 is 14.3 Å². The fraction of sp³-hybridized carbons (Fsp3) is 0.500. The Kier molecular flexibility index (Phi) is 5.23. The molecule has 1 fully saturated rings. The molecule has 5 nitrogen and oxygen atoms in total. The zero-order valence-electron chi connectivity index (χ0n) is 11.5. The van der Waals surface area contributed by atoms with E-state index >= 15 is 0 Å². The molecule has 1 unspecified atom stereocenters. The van der Waals surface area contributed by atoms with E-state index in [2.05, 4.69) is 11.8 Å². The Morgan fingerprint density at radius 2 is 2.40 bits per heavy atom. The van der Waals surface area contributed by atoms with Gasteiger partial charge in [0.25, 0.3) is 0 Å². The molecular weight excluding hydrogens is 280 g/mol. The number of rotatable bonds is 4. The Bertz CT molecular complexity index is 481. The van der Waals surface area contributed by atoms with Crippen LogP contribution >= 0.6 is 11.6 Å². The maximum Gasteiger partial charge on any atom is 0.339 e. The van der Waals surface area contributed by atoms with Gasteiger partial charge < -0.3 is 15.2 Å². The van der Waals surface area contributed by atoms with Gasteiger partial charge in [0.05, 0.1) is 17.2 Å². The monoisotopic (exact) mass is 298 g/mol. The van der Waals surface area contributed by atoms with Gasteiger partial charge in [-0.1, -0.05) is 18.5 Å². The number of ether oxygens (including phenoxy) is 2. The Morgan fingerprint density at radius 1 is 1.60 bits per heavy atom. The first kappa shape index (κ1) is 15.1. The lowest BCUT2D eigenvalue weighted by molar-refractivity contribution is -0.0578. The van der Waals surface area contributed by atoms with Crippen molar-refractivity contribution in [3.05, 3.63) is 28.8 Å². The summed E-state index contributed by atoms with van der Waals surface area (Å²) >= 11 is 5.97. The second kappa shape index (κ2) is 6.92. The van der Waals surface area contributed by atoms with Crippen LogP contribution in [0, 0.1) is 0 Å². The van der Waals surface area contributed by atoms with Gasteiger partial charge in [-0.25, -0.2) is 4.79 Å². The number of morpholine rings is 1. The van der Waals surface area contributed by atoms with Gasteiger partial charge in [-0.15, -0.1) is 0 Å². The van der Waals surface area contributed by atoms with Crippen LogP contribution in [-0.2, 0) is 9.47 Å². The summed E-state index contributed by atoms with van der Waals surface area (Å²) in [5.41, 5.74) is 6.42. The average molecular weight is 299 g/mol. The Balaban J connectivity index is 1.88. The minimum absolute atomic E-state index is 0.0831. The van der Waals surface area contributed by atoms with Gasteiger partial charge in [-0.2, -0.15) is 0 Å². The number of hydrogen-bond donors (Lipinski definition) is 1. The molecule has 1 aromatic carbocycles. The van der Waals surface area contributed by atoms with E-state index in [1.54, 1.807) is 12.1 Å². The van der Waals surface area contributed by atoms with Crippen LogP contribution in [0.5, 0.6) is 0 Å². The van der Waals surface area contributed by atoms with Crippen molar-refractivity contribution in [2.75, 3.05) is 38.6 Å². The summed E-state index contributed by atoms with van der Waals surface area (Å²) in [4.78, 5) is 14.2. The SMILES string of the molecule is CCN1CCOC(COC(=O)c2ccc(N)cc2Cl)C1. The summed E-state index contributed by atoms with van der Waals surface area (Å²) in [6.45, 7) is 5.67. The zero-order chi connectivity index (χ0) is 14.5. The predicted octanol–water partition coefficient (Wildman–Crippen LogP) is 1.80. The summed E-state index contributed by atoms with van der Waals surface area (Å²) in [6.07, 6.45) is -0.0831. The van der Waals surface area contributed by atoms with Gasteiger partial charge in [0.1, 0.15) is 12.7 Å². The predicted molar refractivity (Wildman–Crippen MR) is 78.0 cm³/mol. The van der Waals surface area contributed by atoms with Crippen molar-refractivity contribution in [3.8, 4) is 0 Å². The third-order valence-corrected chi connectivity index (χ3v) is 3.60. The number of benzene rings is 1. The molecule has 1 aromatic rings. The third-order valence-electron chi connectivity index (χ3n) is 3.28. The van der Waals surface area contributed by atoms with Crippen molar-refractivity contribution in [3.63, 3.8) is 0 Å². The Labute approximate surface area is 123 Å². The normalized spacial score (nSPS) is 19.8. The van der Waals surface area contributed by atoms with Crippen molar-refractivity contribution >= 4 is 23.3 Å². The number of halogens is 1. The summed E-state index contributed by atoms with van der Waals surface area (Å²) in [5, 5.41) is 0.301. The van der Waals surface area contributed by atoms with Gasteiger partial charge in [0.2, 0.25) is 0 Å². The molecule has 20 heavy (non-hydrogen) atoms. The minimum Gasteiger partial charge on any atom is -0.459 e. The topological polar surface area (TPSA) is 64.8 Å². The molecule has 0 spiro atoms. The van der Waals surface area contributed by atoms with Crippen molar-refractivity contribution in [2.24, 2.45) is 0 Å². The molecule has 110 valence electrons. The molecule has 0 bridgehead atoms. The first-order chi connectivity index (χ1) is 9.60. The van der Waals surface area contributed by atoms with E-state index in [-0.39, 0.29) is 12.7 Å². The molecule has 6 heteroatoms. The lowest BCUT2D eigenvalue weighted by Gasteiger charge is -2.31. The molecule has 0 amide bonds. The first-order valence-electron chi connectivity index (χ1n) is 6.66. The number of nitrogen functional groups attached to an aromatic ring is 1. The molecule has 1 aliphatic heterocycles. The highest BCUT2D eigenvalue weighted by atomic mass is 35.5. The number of likely N-dealkylation sites (N-methyl/N-ethyl adjacent to an activating group) is 1. The smallest absolute Gasteiger partial charge is 0.339 e. The van der Waals surface area contributed by atoms with Crippen molar-refractivity contribution in [2.45, 2.75) is 13.0 Å². The summed E-state index contributed by atoms with van der Waals surface area (Å²) in [7, 11) is 0. The van der Waals surface area contributed by atoms with Crippen molar-refractivity contribution in [1.29, 1.82) is 0 Å². The fourth-order valence-corrected chi connectivity index (χ4v) is 2.38. The first-order valence-corrected chi connectivity index (χ1v) is 7.04.